The lowest BCUT2D eigenvalue weighted by Crippen LogP contribution is -2.33. The Balaban J connectivity index is 2.02. The quantitative estimate of drug-likeness (QED) is 0.896. The molecule has 2 unspecified atom stereocenters. The highest BCUT2D eigenvalue weighted by atomic mass is 32.2. The molecule has 1 aliphatic rings. The van der Waals surface area contributed by atoms with Gasteiger partial charge in [0.1, 0.15) is 0 Å². The van der Waals surface area contributed by atoms with E-state index in [9.17, 15) is 0 Å². The molecule has 1 aromatic rings. The van der Waals surface area contributed by atoms with Gasteiger partial charge in [0, 0.05) is 11.8 Å². The lowest BCUT2D eigenvalue weighted by Gasteiger charge is -2.21. The van der Waals surface area contributed by atoms with E-state index in [0.29, 0.717) is 6.04 Å². The molecule has 0 amide bonds. The second-order valence-corrected chi connectivity index (χ2v) is 7.42. The highest BCUT2D eigenvalue weighted by Crippen LogP contribution is 2.28. The van der Waals surface area contributed by atoms with Gasteiger partial charge in [-0.1, -0.05) is 45.0 Å². The summed E-state index contributed by atoms with van der Waals surface area (Å²) in [5.41, 5.74) is 3.17. The molecule has 1 nitrogen and oxygen atoms in total. The summed E-state index contributed by atoms with van der Waals surface area (Å²) in [6.07, 6.45) is 1.21. The largest absolute Gasteiger partial charge is 0.316 e. The van der Waals surface area contributed by atoms with Gasteiger partial charge >= 0.3 is 0 Å². The first-order valence-electron chi connectivity index (χ1n) is 6.85. The smallest absolute Gasteiger partial charge is 0.0194 e. The second-order valence-electron chi connectivity index (χ2n) is 6.34. The van der Waals surface area contributed by atoms with Crippen molar-refractivity contribution < 1.29 is 0 Å². The molecule has 1 saturated heterocycles. The van der Waals surface area contributed by atoms with Gasteiger partial charge in [-0.05, 0) is 41.7 Å². The van der Waals surface area contributed by atoms with Crippen LogP contribution in [-0.2, 0) is 11.8 Å². The van der Waals surface area contributed by atoms with Gasteiger partial charge in [0.15, 0.2) is 0 Å². The molecule has 18 heavy (non-hydrogen) atoms. The molecule has 0 spiro atoms. The molecule has 1 aliphatic heterocycles. The Labute approximate surface area is 116 Å². The van der Waals surface area contributed by atoms with Crippen LogP contribution in [0.4, 0.5) is 0 Å². The molecule has 2 rings (SSSR count). The van der Waals surface area contributed by atoms with Crippen LogP contribution < -0.4 is 5.32 Å². The lowest BCUT2D eigenvalue weighted by atomic mass is 9.86. The molecule has 0 saturated carbocycles. The number of hydrogen-bond donors (Lipinski definition) is 1. The Morgan fingerprint density at radius 3 is 2.39 bits per heavy atom. The zero-order valence-electron chi connectivity index (χ0n) is 12.0. The molecule has 100 valence electrons. The molecule has 1 aromatic carbocycles. The van der Waals surface area contributed by atoms with Gasteiger partial charge in [-0.3, -0.25) is 0 Å². The van der Waals surface area contributed by atoms with E-state index >= 15 is 0 Å². The SMILES string of the molecule is CNC1CSCC1Cc1ccc(C(C)(C)C)cc1. The minimum absolute atomic E-state index is 0.259. The van der Waals surface area contributed by atoms with Crippen molar-refractivity contribution in [2.24, 2.45) is 5.92 Å². The van der Waals surface area contributed by atoms with E-state index in [1.54, 1.807) is 0 Å². The normalized spacial score (nSPS) is 24.4. The van der Waals surface area contributed by atoms with Crippen LogP contribution in [0.3, 0.4) is 0 Å². The van der Waals surface area contributed by atoms with Crippen LogP contribution in [0.25, 0.3) is 0 Å². The van der Waals surface area contributed by atoms with Crippen molar-refractivity contribution in [2.75, 3.05) is 18.6 Å². The molecule has 1 fully saturated rings. The summed E-state index contributed by atoms with van der Waals surface area (Å²) in [4.78, 5) is 0. The van der Waals surface area contributed by atoms with Crippen molar-refractivity contribution in [1.82, 2.24) is 5.32 Å². The van der Waals surface area contributed by atoms with E-state index in [4.69, 9.17) is 0 Å². The molecule has 0 aliphatic carbocycles. The lowest BCUT2D eigenvalue weighted by molar-refractivity contribution is 0.453. The third-order valence-electron chi connectivity index (χ3n) is 3.89. The Morgan fingerprint density at radius 1 is 1.17 bits per heavy atom. The Hall–Kier alpha value is -0.470. The third kappa shape index (κ3) is 3.30. The zero-order valence-corrected chi connectivity index (χ0v) is 12.8. The van der Waals surface area contributed by atoms with Gasteiger partial charge in [0.25, 0.3) is 0 Å². The fraction of sp³-hybridized carbons (Fsp3) is 0.625. The first-order chi connectivity index (χ1) is 8.50. The van der Waals surface area contributed by atoms with E-state index < -0.39 is 0 Å². The third-order valence-corrected chi connectivity index (χ3v) is 5.15. The predicted octanol–water partition coefficient (Wildman–Crippen LogP) is 3.48. The van der Waals surface area contributed by atoms with Crippen LogP contribution in [0.2, 0.25) is 0 Å². The van der Waals surface area contributed by atoms with E-state index in [0.717, 1.165) is 5.92 Å². The van der Waals surface area contributed by atoms with Crippen molar-refractivity contribution in [3.8, 4) is 0 Å². The Bertz CT molecular complexity index is 377. The maximum absolute atomic E-state index is 3.45. The van der Waals surface area contributed by atoms with Crippen molar-refractivity contribution in [2.45, 2.75) is 38.6 Å². The second kappa shape index (κ2) is 5.66. The molecule has 0 bridgehead atoms. The van der Waals surface area contributed by atoms with Gasteiger partial charge in [0.05, 0.1) is 0 Å². The predicted molar refractivity (Wildman–Crippen MR) is 82.5 cm³/mol. The molecular formula is C16H25NS. The van der Waals surface area contributed by atoms with E-state index in [1.165, 1.54) is 29.1 Å². The van der Waals surface area contributed by atoms with E-state index in [1.807, 2.05) is 0 Å². The molecule has 0 aromatic heterocycles. The minimum atomic E-state index is 0.259. The fourth-order valence-corrected chi connectivity index (χ4v) is 4.04. The molecule has 1 N–H and O–H groups in total. The molecule has 2 heteroatoms. The first kappa shape index (κ1) is 14.0. The highest BCUT2D eigenvalue weighted by Gasteiger charge is 2.26. The van der Waals surface area contributed by atoms with Crippen LogP contribution >= 0.6 is 11.8 Å². The first-order valence-corrected chi connectivity index (χ1v) is 8.00. The maximum Gasteiger partial charge on any atom is 0.0194 e. The fourth-order valence-electron chi connectivity index (χ4n) is 2.56. The number of benzene rings is 1. The number of rotatable bonds is 3. The summed E-state index contributed by atoms with van der Waals surface area (Å²) in [5, 5.41) is 3.45. The van der Waals surface area contributed by atoms with Crippen molar-refractivity contribution in [3.63, 3.8) is 0 Å². The van der Waals surface area contributed by atoms with Crippen LogP contribution in [0.5, 0.6) is 0 Å². The van der Waals surface area contributed by atoms with Crippen LogP contribution in [0, 0.1) is 5.92 Å². The van der Waals surface area contributed by atoms with Gasteiger partial charge in [-0.2, -0.15) is 11.8 Å². The standard InChI is InChI=1S/C16H25NS/c1-16(2,3)14-7-5-12(6-8-14)9-13-10-18-11-15(13)17-4/h5-8,13,15,17H,9-11H2,1-4H3. The van der Waals surface area contributed by atoms with Crippen molar-refractivity contribution in [3.05, 3.63) is 35.4 Å². The Morgan fingerprint density at radius 2 is 1.83 bits per heavy atom. The zero-order chi connectivity index (χ0) is 13.2. The van der Waals surface area contributed by atoms with E-state index in [-0.39, 0.29) is 5.41 Å². The van der Waals surface area contributed by atoms with Crippen LogP contribution in [0.15, 0.2) is 24.3 Å². The number of nitrogens with one attached hydrogen (secondary N) is 1. The summed E-state index contributed by atoms with van der Waals surface area (Å²) in [6, 6.07) is 9.92. The summed E-state index contributed by atoms with van der Waals surface area (Å²) >= 11 is 2.08. The number of hydrogen-bond acceptors (Lipinski definition) is 2. The number of thioether (sulfide) groups is 1. The van der Waals surface area contributed by atoms with Gasteiger partial charge in [-0.15, -0.1) is 0 Å². The molecule has 0 radical (unpaired) electrons. The molecular weight excluding hydrogens is 238 g/mol. The van der Waals surface area contributed by atoms with Crippen molar-refractivity contribution >= 4 is 11.8 Å². The van der Waals surface area contributed by atoms with Crippen LogP contribution in [0.1, 0.15) is 31.9 Å². The van der Waals surface area contributed by atoms with E-state index in [2.05, 4.69) is 69.2 Å². The summed E-state index contributed by atoms with van der Waals surface area (Å²) in [6.45, 7) is 6.81. The van der Waals surface area contributed by atoms with Crippen molar-refractivity contribution in [1.29, 1.82) is 0 Å². The van der Waals surface area contributed by atoms with Crippen LogP contribution in [-0.4, -0.2) is 24.6 Å². The molecule has 2 atom stereocenters. The summed E-state index contributed by atoms with van der Waals surface area (Å²) in [5.74, 6) is 3.36. The minimum Gasteiger partial charge on any atom is -0.316 e. The average Bonchev–Trinajstić information content (AvgIpc) is 2.76. The molecule has 1 heterocycles. The highest BCUT2D eigenvalue weighted by molar-refractivity contribution is 7.99. The van der Waals surface area contributed by atoms with Gasteiger partial charge in [0.2, 0.25) is 0 Å². The van der Waals surface area contributed by atoms with Gasteiger partial charge < -0.3 is 5.32 Å². The monoisotopic (exact) mass is 263 g/mol. The maximum atomic E-state index is 3.45. The average molecular weight is 263 g/mol. The summed E-state index contributed by atoms with van der Waals surface area (Å²) in [7, 11) is 2.09. The Kier molecular flexibility index (Phi) is 4.39. The summed E-state index contributed by atoms with van der Waals surface area (Å²) < 4.78 is 0. The topological polar surface area (TPSA) is 12.0 Å². The van der Waals surface area contributed by atoms with Gasteiger partial charge in [-0.25, -0.2) is 0 Å².